The van der Waals surface area contributed by atoms with E-state index < -0.39 is 0 Å². The summed E-state index contributed by atoms with van der Waals surface area (Å²) < 4.78 is 3.44. The molecule has 2 aliphatic rings. The van der Waals surface area contributed by atoms with E-state index in [-0.39, 0.29) is 14.9 Å². The van der Waals surface area contributed by atoms with Crippen LogP contribution in [0.25, 0.3) is 33.5 Å². The SMILES string of the molecule is C.C.Clc1cccc(-c2cnn3ccc(Cl)nc23)c1.NC1CCC(=O)CC1.O=C1CCC(Nc2ccn3ncc(-c4cccc(Cl)c4)c3n2)CC1. The highest BCUT2D eigenvalue weighted by atomic mass is 35.5. The van der Waals surface area contributed by atoms with Crippen molar-refractivity contribution in [3.63, 3.8) is 0 Å². The molecule has 6 aromatic rings. The molecule has 2 fully saturated rings. The third kappa shape index (κ3) is 10.4. The maximum atomic E-state index is 11.4. The number of carbonyl (C=O) groups excluding carboxylic acids is 2. The predicted molar refractivity (Wildman–Crippen MR) is 208 cm³/mol. The molecule has 4 aromatic heterocycles. The molecule has 0 bridgehead atoms. The first kappa shape index (κ1) is 39.4. The molecule has 2 saturated carbocycles. The Morgan fingerprint density at radius 2 is 1.16 bits per heavy atom. The van der Waals surface area contributed by atoms with Crippen LogP contribution in [0.4, 0.5) is 5.82 Å². The fourth-order valence-corrected chi connectivity index (χ4v) is 6.29. The Labute approximate surface area is 313 Å². The number of Topliss-reactive ketones (excluding diaryl/α,β-unsaturated/α-hetero) is 2. The summed E-state index contributed by atoms with van der Waals surface area (Å²) in [4.78, 5) is 30.9. The van der Waals surface area contributed by atoms with Gasteiger partial charge in [-0.25, -0.2) is 19.0 Å². The van der Waals surface area contributed by atoms with Gasteiger partial charge in [0.05, 0.1) is 12.4 Å². The Morgan fingerprint density at radius 1 is 0.667 bits per heavy atom. The Balaban J connectivity index is 0.000000188. The minimum atomic E-state index is 0. The van der Waals surface area contributed by atoms with Gasteiger partial charge >= 0.3 is 0 Å². The third-order valence-corrected chi connectivity index (χ3v) is 9.14. The van der Waals surface area contributed by atoms with E-state index in [2.05, 4.69) is 20.5 Å². The normalized spacial score (nSPS) is 14.8. The number of benzene rings is 2. The molecule has 268 valence electrons. The van der Waals surface area contributed by atoms with Crippen LogP contribution in [0.1, 0.15) is 66.2 Å². The molecule has 0 aliphatic heterocycles. The standard InChI is InChI=1S/C18H17ClN4O.C12H7Cl2N3.C6H11NO.2CH4/c19-13-3-1-2-12(10-13)16-11-20-23-9-8-17(22-18(16)23)21-14-4-6-15(24)7-5-14;13-9-3-1-2-8(6-9)10-7-15-17-5-4-11(14)16-12(10)17;7-5-1-3-6(8)4-2-5;;/h1-3,8-11,14H,4-7H2,(H,21,22);1-7H;5H,1-4,7H2;2*1H4. The zero-order valence-electron chi connectivity index (χ0n) is 26.6. The number of nitrogens with zero attached hydrogens (tertiary/aromatic N) is 6. The summed E-state index contributed by atoms with van der Waals surface area (Å²) in [6.07, 6.45) is 13.5. The minimum absolute atomic E-state index is 0. The highest BCUT2D eigenvalue weighted by molar-refractivity contribution is 6.31. The molecule has 2 aliphatic carbocycles. The van der Waals surface area contributed by atoms with Gasteiger partial charge in [0.2, 0.25) is 0 Å². The summed E-state index contributed by atoms with van der Waals surface area (Å²) in [6.45, 7) is 0. The van der Waals surface area contributed by atoms with Crippen LogP contribution in [-0.4, -0.2) is 52.8 Å². The van der Waals surface area contributed by atoms with Crippen LogP contribution in [0.3, 0.4) is 0 Å². The first-order valence-corrected chi connectivity index (χ1v) is 17.3. The molecule has 0 amide bonds. The van der Waals surface area contributed by atoms with Gasteiger partial charge in [0.1, 0.15) is 22.5 Å². The number of fused-ring (bicyclic) bond motifs is 2. The second-order valence-corrected chi connectivity index (χ2v) is 13.3. The minimum Gasteiger partial charge on any atom is -0.367 e. The monoisotopic (exact) mass is 748 g/mol. The largest absolute Gasteiger partial charge is 0.367 e. The molecule has 0 spiro atoms. The van der Waals surface area contributed by atoms with E-state index in [1.54, 1.807) is 33.7 Å². The second kappa shape index (κ2) is 18.2. The van der Waals surface area contributed by atoms with Crippen molar-refractivity contribution in [2.24, 2.45) is 5.73 Å². The number of halogens is 3. The lowest BCUT2D eigenvalue weighted by atomic mass is 9.94. The first-order chi connectivity index (χ1) is 23.7. The maximum absolute atomic E-state index is 11.4. The number of ketones is 2. The maximum Gasteiger partial charge on any atom is 0.165 e. The zero-order chi connectivity index (χ0) is 34.3. The van der Waals surface area contributed by atoms with Crippen LogP contribution >= 0.6 is 34.8 Å². The Hall–Kier alpha value is -4.35. The lowest BCUT2D eigenvalue weighted by Crippen LogP contribution is -2.26. The summed E-state index contributed by atoms with van der Waals surface area (Å²) in [5.41, 5.74) is 10.9. The fourth-order valence-electron chi connectivity index (χ4n) is 5.77. The van der Waals surface area contributed by atoms with Crippen molar-refractivity contribution >= 4 is 63.5 Å². The van der Waals surface area contributed by atoms with Gasteiger partial charge in [0.25, 0.3) is 0 Å². The number of rotatable bonds is 4. The summed E-state index contributed by atoms with van der Waals surface area (Å²) >= 11 is 18.0. The number of nitrogens with two attached hydrogens (primary N) is 1. The number of hydrogen-bond donors (Lipinski definition) is 2. The van der Waals surface area contributed by atoms with E-state index in [4.69, 9.17) is 45.5 Å². The van der Waals surface area contributed by atoms with Crippen molar-refractivity contribution in [2.75, 3.05) is 5.32 Å². The Bertz CT molecular complexity index is 2080. The fraction of sp³-hybridized carbons (Fsp3) is 0.316. The van der Waals surface area contributed by atoms with Crippen molar-refractivity contribution in [1.29, 1.82) is 0 Å². The molecule has 10 nitrogen and oxygen atoms in total. The van der Waals surface area contributed by atoms with Crippen LogP contribution in [0.5, 0.6) is 0 Å². The quantitative estimate of drug-likeness (QED) is 0.170. The van der Waals surface area contributed by atoms with Gasteiger partial charge in [-0.2, -0.15) is 10.2 Å². The summed E-state index contributed by atoms with van der Waals surface area (Å²) in [7, 11) is 0. The van der Waals surface area contributed by atoms with E-state index in [0.29, 0.717) is 64.5 Å². The average Bonchev–Trinajstić information content (AvgIpc) is 3.72. The molecule has 0 radical (unpaired) electrons. The molecule has 13 heteroatoms. The summed E-state index contributed by atoms with van der Waals surface area (Å²) in [5.74, 6) is 1.55. The molecule has 0 saturated heterocycles. The van der Waals surface area contributed by atoms with Gasteiger partial charge in [-0.15, -0.1) is 0 Å². The molecule has 2 aromatic carbocycles. The van der Waals surface area contributed by atoms with E-state index >= 15 is 0 Å². The van der Waals surface area contributed by atoms with Crippen molar-refractivity contribution < 1.29 is 9.59 Å². The van der Waals surface area contributed by atoms with E-state index in [0.717, 1.165) is 65.0 Å². The molecular formula is C38H43Cl3N8O2. The van der Waals surface area contributed by atoms with Gasteiger partial charge < -0.3 is 11.1 Å². The predicted octanol–water partition coefficient (Wildman–Crippen LogP) is 9.41. The number of anilines is 1. The van der Waals surface area contributed by atoms with Gasteiger partial charge in [-0.1, -0.05) is 73.9 Å². The lowest BCUT2D eigenvalue weighted by Gasteiger charge is -2.22. The van der Waals surface area contributed by atoms with Crippen molar-refractivity contribution in [3.8, 4) is 22.3 Å². The van der Waals surface area contributed by atoms with Crippen LogP contribution < -0.4 is 11.1 Å². The topological polar surface area (TPSA) is 133 Å². The molecule has 3 N–H and O–H groups in total. The van der Waals surface area contributed by atoms with Gasteiger partial charge in [0.15, 0.2) is 11.3 Å². The van der Waals surface area contributed by atoms with E-state index in [9.17, 15) is 9.59 Å². The summed E-state index contributed by atoms with van der Waals surface area (Å²) in [6, 6.07) is 19.5. The molecule has 4 heterocycles. The van der Waals surface area contributed by atoms with Crippen LogP contribution in [0, 0.1) is 0 Å². The highest BCUT2D eigenvalue weighted by Gasteiger charge is 2.19. The number of carbonyl (C=O) groups is 2. The Kier molecular flexibility index (Phi) is 14.1. The molecule has 51 heavy (non-hydrogen) atoms. The van der Waals surface area contributed by atoms with Crippen molar-refractivity contribution in [3.05, 3.63) is 101 Å². The number of nitrogens with one attached hydrogen (secondary N) is 1. The number of hydrogen-bond acceptors (Lipinski definition) is 8. The van der Waals surface area contributed by atoms with Crippen molar-refractivity contribution in [1.82, 2.24) is 29.2 Å². The molecule has 0 unspecified atom stereocenters. The smallest absolute Gasteiger partial charge is 0.165 e. The Morgan fingerprint density at radius 3 is 1.67 bits per heavy atom. The van der Waals surface area contributed by atoms with Crippen LogP contribution in [0.15, 0.2) is 85.5 Å². The lowest BCUT2D eigenvalue weighted by molar-refractivity contribution is -0.121. The molecular weight excluding hydrogens is 707 g/mol. The van der Waals surface area contributed by atoms with Gasteiger partial charge in [-0.05, 0) is 73.2 Å². The van der Waals surface area contributed by atoms with Gasteiger partial charge in [-0.3, -0.25) is 9.59 Å². The van der Waals surface area contributed by atoms with E-state index in [1.165, 1.54) is 0 Å². The van der Waals surface area contributed by atoms with Crippen LogP contribution in [0.2, 0.25) is 15.2 Å². The highest BCUT2D eigenvalue weighted by Crippen LogP contribution is 2.28. The third-order valence-electron chi connectivity index (χ3n) is 8.46. The second-order valence-electron chi connectivity index (χ2n) is 12.1. The first-order valence-electron chi connectivity index (χ1n) is 16.1. The summed E-state index contributed by atoms with van der Waals surface area (Å²) in [5, 5.41) is 13.8. The molecule has 8 rings (SSSR count). The zero-order valence-corrected chi connectivity index (χ0v) is 28.9. The molecule has 0 atom stereocenters. The van der Waals surface area contributed by atoms with Crippen LogP contribution in [-0.2, 0) is 9.59 Å². The number of aromatic nitrogens is 6. The van der Waals surface area contributed by atoms with E-state index in [1.807, 2.05) is 60.8 Å². The van der Waals surface area contributed by atoms with Gasteiger partial charge in [0, 0.05) is 71.3 Å². The average molecular weight is 750 g/mol. The van der Waals surface area contributed by atoms with Crippen molar-refractivity contribution in [2.45, 2.75) is 78.3 Å².